The third-order valence-electron chi connectivity index (χ3n) is 1.79. The van der Waals surface area contributed by atoms with Crippen molar-refractivity contribution in [3.05, 3.63) is 10.4 Å². The van der Waals surface area contributed by atoms with Gasteiger partial charge in [0.2, 0.25) is 0 Å². The van der Waals surface area contributed by atoms with Gasteiger partial charge >= 0.3 is 59.1 Å². The van der Waals surface area contributed by atoms with Crippen molar-refractivity contribution in [3.63, 3.8) is 0 Å². The van der Waals surface area contributed by atoms with Crippen LogP contribution in [-0.4, -0.2) is 28.5 Å². The Balaban J connectivity index is 0. The monoisotopic (exact) mass is 219 g/mol. The first-order valence-electron chi connectivity index (χ1n) is 3.44. The predicted molar refractivity (Wildman–Crippen MR) is 34.2 cm³/mol. The molecule has 1 saturated heterocycles. The van der Waals surface area contributed by atoms with E-state index in [0.717, 1.165) is 5.01 Å². The van der Waals surface area contributed by atoms with Crippen molar-refractivity contribution in [2.24, 2.45) is 5.28 Å². The van der Waals surface area contributed by atoms with Crippen molar-refractivity contribution in [2.75, 3.05) is 6.54 Å². The second kappa shape index (κ2) is 7.72. The molecule has 0 spiro atoms. The van der Waals surface area contributed by atoms with Crippen molar-refractivity contribution >= 4 is 5.97 Å². The van der Waals surface area contributed by atoms with Gasteiger partial charge in [0, 0.05) is 4.97 Å². The van der Waals surface area contributed by atoms with E-state index in [1.807, 2.05) is 0 Å². The molecule has 9 heteroatoms. The maximum absolute atomic E-state index is 10.6. The van der Waals surface area contributed by atoms with E-state index >= 15 is 0 Å². The predicted octanol–water partition coefficient (Wildman–Crippen LogP) is -7.42. The third kappa shape index (κ3) is 3.92. The SMILES string of the molecule is O=C([O-])[C@H]1CCCN1/[N+]([O-])=N/[O-].[Na+].[Na+]. The van der Waals surface area contributed by atoms with Gasteiger partial charge in [-0.05, 0) is 18.1 Å². The maximum Gasteiger partial charge on any atom is 1.00 e. The smallest absolute Gasteiger partial charge is 0.737 e. The average molecular weight is 219 g/mol. The summed E-state index contributed by atoms with van der Waals surface area (Å²) >= 11 is 0. The molecule has 7 nitrogen and oxygen atoms in total. The number of hydrogen-bond acceptors (Lipinski definition) is 5. The molecule has 68 valence electrons. The number of hydrogen-bond donors (Lipinski definition) is 0. The number of hydrazine groups is 1. The van der Waals surface area contributed by atoms with E-state index in [1.165, 1.54) is 0 Å². The molecule has 0 aliphatic carbocycles. The van der Waals surface area contributed by atoms with Crippen LogP contribution >= 0.6 is 0 Å². The van der Waals surface area contributed by atoms with Gasteiger partial charge in [0.15, 0.2) is 0 Å². The van der Waals surface area contributed by atoms with Gasteiger partial charge < -0.3 is 20.3 Å². The van der Waals surface area contributed by atoms with E-state index in [1.54, 1.807) is 0 Å². The van der Waals surface area contributed by atoms with Gasteiger partial charge in [-0.15, -0.1) is 5.01 Å². The molecule has 1 aliphatic rings. The van der Waals surface area contributed by atoms with Crippen LogP contribution in [0.1, 0.15) is 12.8 Å². The number of aliphatic carboxylic acids is 1. The van der Waals surface area contributed by atoms with E-state index in [-0.39, 0.29) is 70.6 Å². The summed E-state index contributed by atoms with van der Waals surface area (Å²) in [6.07, 6.45) is 0.865. The number of carbonyl (C=O) groups excluding carboxylic acids is 1. The molecular formula is C5H7N3Na2O4. The molecular weight excluding hydrogens is 212 g/mol. The summed E-state index contributed by atoms with van der Waals surface area (Å²) in [6, 6.07) is -1.01. The largest absolute Gasteiger partial charge is 1.00 e. The molecule has 0 radical (unpaired) electrons. The van der Waals surface area contributed by atoms with E-state index < -0.39 is 12.0 Å². The van der Waals surface area contributed by atoms with Crippen molar-refractivity contribution in [1.82, 2.24) is 5.01 Å². The summed E-state index contributed by atoms with van der Waals surface area (Å²) in [5.41, 5.74) is 0. The Morgan fingerprint density at radius 2 is 2.07 bits per heavy atom. The Morgan fingerprint density at radius 1 is 1.50 bits per heavy atom. The van der Waals surface area contributed by atoms with Crippen LogP contribution in [0.15, 0.2) is 5.28 Å². The van der Waals surface area contributed by atoms with Crippen LogP contribution in [0.4, 0.5) is 0 Å². The molecule has 0 aromatic carbocycles. The zero-order valence-corrected chi connectivity index (χ0v) is 12.2. The first-order valence-corrected chi connectivity index (χ1v) is 3.44. The zero-order valence-electron chi connectivity index (χ0n) is 8.17. The van der Waals surface area contributed by atoms with Crippen LogP contribution in [0.2, 0.25) is 0 Å². The molecule has 1 fully saturated rings. The molecule has 0 aromatic heterocycles. The van der Waals surface area contributed by atoms with Gasteiger partial charge in [0.1, 0.15) is 6.04 Å². The average Bonchev–Trinajstić information content (AvgIpc) is 2.50. The van der Waals surface area contributed by atoms with Gasteiger partial charge in [-0.2, -0.15) is 0 Å². The fraction of sp³-hybridized carbons (Fsp3) is 0.800. The van der Waals surface area contributed by atoms with Gasteiger partial charge in [-0.3, -0.25) is 0 Å². The maximum atomic E-state index is 10.6. The minimum Gasteiger partial charge on any atom is -0.737 e. The Bertz CT molecular complexity index is 225. The zero-order chi connectivity index (χ0) is 9.14. The Hall–Kier alpha value is 0.470. The number of rotatable bonds is 2. The van der Waals surface area contributed by atoms with Crippen molar-refractivity contribution in [3.8, 4) is 0 Å². The molecule has 1 heterocycles. The van der Waals surface area contributed by atoms with Gasteiger partial charge in [0.25, 0.3) is 0 Å². The van der Waals surface area contributed by atoms with Crippen LogP contribution in [0.5, 0.6) is 0 Å². The molecule has 0 amide bonds. The molecule has 0 bridgehead atoms. The van der Waals surface area contributed by atoms with Crippen LogP contribution in [0, 0.1) is 10.4 Å². The summed E-state index contributed by atoms with van der Waals surface area (Å²) in [6.45, 7) is 0.230. The summed E-state index contributed by atoms with van der Waals surface area (Å²) in [7, 11) is 0. The van der Waals surface area contributed by atoms with Crippen molar-refractivity contribution in [2.45, 2.75) is 18.9 Å². The van der Waals surface area contributed by atoms with Crippen LogP contribution in [0.25, 0.3) is 0 Å². The van der Waals surface area contributed by atoms with E-state index in [9.17, 15) is 20.3 Å². The van der Waals surface area contributed by atoms with Crippen LogP contribution < -0.4 is 64.2 Å². The molecule has 0 aromatic rings. The number of nitrogens with zero attached hydrogens (tertiary/aromatic N) is 3. The van der Waals surface area contributed by atoms with Gasteiger partial charge in [0.05, 0.1) is 12.5 Å². The van der Waals surface area contributed by atoms with Crippen molar-refractivity contribution < 1.29 is 74.0 Å². The molecule has 1 aliphatic heterocycles. The Morgan fingerprint density at radius 3 is 2.50 bits per heavy atom. The second-order valence-electron chi connectivity index (χ2n) is 2.47. The van der Waals surface area contributed by atoms with Crippen molar-refractivity contribution in [1.29, 1.82) is 0 Å². The van der Waals surface area contributed by atoms with Crippen LogP contribution in [0.3, 0.4) is 0 Å². The van der Waals surface area contributed by atoms with E-state index in [4.69, 9.17) is 0 Å². The first kappa shape index (κ1) is 16.9. The molecule has 1 atom stereocenters. The minimum atomic E-state index is -1.35. The van der Waals surface area contributed by atoms with E-state index in [2.05, 4.69) is 5.28 Å². The third-order valence-corrected chi connectivity index (χ3v) is 1.79. The number of carboxylic acids is 1. The van der Waals surface area contributed by atoms with E-state index in [0.29, 0.717) is 12.8 Å². The number of carbonyl (C=O) groups is 1. The quantitative estimate of drug-likeness (QED) is 0.198. The molecule has 0 N–H and O–H groups in total. The second-order valence-corrected chi connectivity index (χ2v) is 2.47. The fourth-order valence-corrected chi connectivity index (χ4v) is 1.24. The van der Waals surface area contributed by atoms with Gasteiger partial charge in [-0.1, -0.05) is 0 Å². The molecule has 14 heavy (non-hydrogen) atoms. The normalized spacial score (nSPS) is 21.0. The summed E-state index contributed by atoms with van der Waals surface area (Å²) in [4.78, 5) is 10.1. The Kier molecular flexibility index (Phi) is 9.31. The number of carboxylic acid groups (broad SMARTS) is 1. The van der Waals surface area contributed by atoms with Crippen LogP contribution in [-0.2, 0) is 4.79 Å². The minimum absolute atomic E-state index is 0. The standard InChI is InChI=1S/C5H9N3O4.2Na/c9-5(10)4-2-1-3-7(4)8(12)6-11;;/h4,11H,1-3H2,(H,9,10);;/q;2*+1/p-2/b8-6-;;/t4-;;/m1../s1. The molecule has 0 unspecified atom stereocenters. The fourth-order valence-electron chi connectivity index (χ4n) is 1.24. The molecule has 1 rings (SSSR count). The summed E-state index contributed by atoms with van der Waals surface area (Å²) in [5, 5.41) is 33.6. The molecule has 0 saturated carbocycles. The Labute approximate surface area is 125 Å². The summed E-state index contributed by atoms with van der Waals surface area (Å²) < 4.78 is 0. The topological polar surface area (TPSA) is 105 Å². The van der Waals surface area contributed by atoms with Gasteiger partial charge in [-0.25, -0.2) is 0 Å². The first-order chi connectivity index (χ1) is 5.66. The summed E-state index contributed by atoms with van der Waals surface area (Å²) in [5.74, 6) is -1.35.